The molecule has 0 bridgehead atoms. The van der Waals surface area contributed by atoms with Crippen molar-refractivity contribution in [1.82, 2.24) is 4.98 Å². The van der Waals surface area contributed by atoms with E-state index in [1.165, 1.54) is 13.3 Å². The molecule has 3 rings (SSSR count). The highest BCUT2D eigenvalue weighted by molar-refractivity contribution is 6.33. The van der Waals surface area contributed by atoms with Gasteiger partial charge in [-0.2, -0.15) is 0 Å². The number of amides is 1. The highest BCUT2D eigenvalue weighted by atomic mass is 35.5. The molecule has 6 nitrogen and oxygen atoms in total. The third-order valence-corrected chi connectivity index (χ3v) is 3.85. The maximum absolute atomic E-state index is 12.5. The second-order valence-electron chi connectivity index (χ2n) is 5.14. The van der Waals surface area contributed by atoms with Crippen LogP contribution in [0.25, 0.3) is 11.3 Å². The number of nitrogens with zero attached hydrogens (tertiary/aromatic N) is 1. The van der Waals surface area contributed by atoms with Gasteiger partial charge in [0, 0.05) is 11.8 Å². The van der Waals surface area contributed by atoms with Crippen molar-refractivity contribution in [3.05, 3.63) is 65.1 Å². The van der Waals surface area contributed by atoms with Gasteiger partial charge in [-0.1, -0.05) is 11.6 Å². The Balaban J connectivity index is 1.93. The summed E-state index contributed by atoms with van der Waals surface area (Å²) >= 11 is 5.96. The number of aromatic nitrogens is 1. The van der Waals surface area contributed by atoms with Gasteiger partial charge >= 0.3 is 0 Å². The van der Waals surface area contributed by atoms with E-state index in [-0.39, 0.29) is 17.3 Å². The van der Waals surface area contributed by atoms with E-state index < -0.39 is 5.91 Å². The Morgan fingerprint density at radius 1 is 1.32 bits per heavy atom. The van der Waals surface area contributed by atoms with E-state index in [2.05, 4.69) is 10.3 Å². The quantitative estimate of drug-likeness (QED) is 0.678. The van der Waals surface area contributed by atoms with Gasteiger partial charge in [-0.3, -0.25) is 4.79 Å². The lowest BCUT2D eigenvalue weighted by Gasteiger charge is -2.12. The molecule has 1 aromatic carbocycles. The van der Waals surface area contributed by atoms with Gasteiger partial charge in [-0.05, 0) is 42.5 Å². The van der Waals surface area contributed by atoms with E-state index in [9.17, 15) is 4.79 Å². The number of hydrogen-bond acceptors (Lipinski definition) is 5. The lowest BCUT2D eigenvalue weighted by atomic mass is 10.1. The van der Waals surface area contributed by atoms with E-state index in [4.69, 9.17) is 25.9 Å². The minimum Gasteiger partial charge on any atom is -0.495 e. The molecule has 0 saturated carbocycles. The van der Waals surface area contributed by atoms with Gasteiger partial charge in [-0.15, -0.1) is 0 Å². The zero-order chi connectivity index (χ0) is 17.8. The van der Waals surface area contributed by atoms with Crippen molar-refractivity contribution in [2.45, 2.75) is 6.61 Å². The Bertz CT molecular complexity index is 908. The van der Waals surface area contributed by atoms with Crippen molar-refractivity contribution in [2.24, 2.45) is 0 Å². The highest BCUT2D eigenvalue weighted by Gasteiger charge is 2.15. The first-order valence-corrected chi connectivity index (χ1v) is 7.80. The lowest BCUT2D eigenvalue weighted by molar-refractivity contribution is 0.102. The summed E-state index contributed by atoms with van der Waals surface area (Å²) in [4.78, 5) is 16.4. The van der Waals surface area contributed by atoms with E-state index in [0.717, 1.165) is 5.56 Å². The number of anilines is 1. The number of hydrogen-bond donors (Lipinski definition) is 2. The molecular formula is C18H15ClN2O4. The Hall–Kier alpha value is -2.83. The van der Waals surface area contributed by atoms with Crippen LogP contribution in [-0.2, 0) is 6.61 Å². The average molecular weight is 359 g/mol. The van der Waals surface area contributed by atoms with E-state index in [1.807, 2.05) is 0 Å². The lowest BCUT2D eigenvalue weighted by Crippen LogP contribution is -2.13. The largest absolute Gasteiger partial charge is 0.495 e. The van der Waals surface area contributed by atoms with Crippen LogP contribution in [0.1, 0.15) is 16.1 Å². The van der Waals surface area contributed by atoms with Gasteiger partial charge in [0.1, 0.15) is 29.0 Å². The van der Waals surface area contributed by atoms with Crippen molar-refractivity contribution < 1.29 is 19.1 Å². The summed E-state index contributed by atoms with van der Waals surface area (Å²) in [5.41, 5.74) is 1.46. The Kier molecular flexibility index (Phi) is 5.02. The van der Waals surface area contributed by atoms with Gasteiger partial charge in [-0.25, -0.2) is 4.98 Å². The van der Waals surface area contributed by atoms with Gasteiger partial charge in [0.15, 0.2) is 0 Å². The van der Waals surface area contributed by atoms with Crippen LogP contribution in [-0.4, -0.2) is 23.1 Å². The molecule has 25 heavy (non-hydrogen) atoms. The smallest absolute Gasteiger partial charge is 0.258 e. The SMILES string of the molecule is COc1ccc(-c2ccc(CO)o2)cc1NC(=O)c1cccnc1Cl. The zero-order valence-electron chi connectivity index (χ0n) is 13.3. The minimum atomic E-state index is -0.399. The number of methoxy groups -OCH3 is 1. The van der Waals surface area contributed by atoms with Crippen molar-refractivity contribution in [1.29, 1.82) is 0 Å². The fourth-order valence-electron chi connectivity index (χ4n) is 2.32. The number of aliphatic hydroxyl groups excluding tert-OH is 1. The van der Waals surface area contributed by atoms with Gasteiger partial charge in [0.05, 0.1) is 18.4 Å². The summed E-state index contributed by atoms with van der Waals surface area (Å²) in [7, 11) is 1.51. The van der Waals surface area contributed by atoms with Crippen LogP contribution >= 0.6 is 11.6 Å². The molecule has 2 aromatic heterocycles. The predicted molar refractivity (Wildman–Crippen MR) is 93.8 cm³/mol. The average Bonchev–Trinajstić information content (AvgIpc) is 3.11. The van der Waals surface area contributed by atoms with Crippen molar-refractivity contribution >= 4 is 23.2 Å². The fourth-order valence-corrected chi connectivity index (χ4v) is 2.53. The Labute approximate surface area is 149 Å². The van der Waals surface area contributed by atoms with E-state index in [0.29, 0.717) is 23.0 Å². The molecule has 0 aliphatic heterocycles. The molecule has 2 heterocycles. The van der Waals surface area contributed by atoms with Crippen molar-refractivity contribution in [2.75, 3.05) is 12.4 Å². The summed E-state index contributed by atoms with van der Waals surface area (Å²) in [6, 6.07) is 11.9. The van der Waals surface area contributed by atoms with Gasteiger partial charge < -0.3 is 19.6 Å². The van der Waals surface area contributed by atoms with E-state index >= 15 is 0 Å². The normalized spacial score (nSPS) is 10.5. The number of ether oxygens (including phenoxy) is 1. The number of pyridine rings is 1. The number of benzene rings is 1. The van der Waals surface area contributed by atoms with Crippen LogP contribution in [0.3, 0.4) is 0 Å². The van der Waals surface area contributed by atoms with Crippen molar-refractivity contribution in [3.63, 3.8) is 0 Å². The van der Waals surface area contributed by atoms with Crippen LogP contribution in [0, 0.1) is 0 Å². The number of carbonyl (C=O) groups is 1. The maximum atomic E-state index is 12.5. The molecule has 2 N–H and O–H groups in total. The van der Waals surface area contributed by atoms with Crippen LogP contribution in [0.4, 0.5) is 5.69 Å². The zero-order valence-corrected chi connectivity index (χ0v) is 14.1. The minimum absolute atomic E-state index is 0.119. The van der Waals surface area contributed by atoms with Crippen LogP contribution in [0.2, 0.25) is 5.15 Å². The van der Waals surface area contributed by atoms with Gasteiger partial charge in [0.2, 0.25) is 0 Å². The summed E-state index contributed by atoms with van der Waals surface area (Å²) in [5.74, 6) is 1.12. The molecule has 7 heteroatoms. The first-order chi connectivity index (χ1) is 12.1. The number of halogens is 1. The van der Waals surface area contributed by atoms with Crippen LogP contribution in [0.5, 0.6) is 5.75 Å². The highest BCUT2D eigenvalue weighted by Crippen LogP contribution is 2.32. The first kappa shape index (κ1) is 17.0. The fraction of sp³-hybridized carbons (Fsp3) is 0.111. The van der Waals surface area contributed by atoms with Gasteiger partial charge in [0.25, 0.3) is 5.91 Å². The molecule has 0 spiro atoms. The number of nitrogens with one attached hydrogen (secondary N) is 1. The molecule has 0 aliphatic carbocycles. The summed E-state index contributed by atoms with van der Waals surface area (Å²) < 4.78 is 10.8. The number of furan rings is 1. The molecule has 128 valence electrons. The van der Waals surface area contributed by atoms with Crippen LogP contribution < -0.4 is 10.1 Å². The second-order valence-corrected chi connectivity index (χ2v) is 5.49. The second kappa shape index (κ2) is 7.38. The van der Waals surface area contributed by atoms with Crippen LogP contribution in [0.15, 0.2) is 53.1 Å². The van der Waals surface area contributed by atoms with E-state index in [1.54, 1.807) is 42.5 Å². The summed E-state index contributed by atoms with van der Waals surface area (Å²) in [6.07, 6.45) is 1.51. The third kappa shape index (κ3) is 3.65. The molecule has 0 atom stereocenters. The molecule has 0 saturated heterocycles. The summed E-state index contributed by atoms with van der Waals surface area (Å²) in [5, 5.41) is 12.0. The molecule has 0 unspecified atom stereocenters. The van der Waals surface area contributed by atoms with Crippen molar-refractivity contribution in [3.8, 4) is 17.1 Å². The standard InChI is InChI=1S/C18H15ClN2O4/c1-24-16-6-4-11(15-7-5-12(10-22)25-15)9-14(16)21-18(23)13-3-2-8-20-17(13)19/h2-9,22H,10H2,1H3,(H,21,23). The molecule has 0 radical (unpaired) electrons. The molecule has 3 aromatic rings. The first-order valence-electron chi connectivity index (χ1n) is 7.42. The third-order valence-electron chi connectivity index (χ3n) is 3.55. The Morgan fingerprint density at radius 2 is 2.16 bits per heavy atom. The molecular weight excluding hydrogens is 344 g/mol. The monoisotopic (exact) mass is 358 g/mol. The molecule has 0 fully saturated rings. The maximum Gasteiger partial charge on any atom is 0.258 e. The number of rotatable bonds is 5. The molecule has 1 amide bonds. The molecule has 0 aliphatic rings. The topological polar surface area (TPSA) is 84.6 Å². The summed E-state index contributed by atoms with van der Waals surface area (Å²) in [6.45, 7) is -0.181. The Morgan fingerprint density at radius 3 is 2.84 bits per heavy atom. The number of aliphatic hydroxyl groups is 1. The predicted octanol–water partition coefficient (Wildman–Crippen LogP) is 3.75. The number of carbonyl (C=O) groups excluding carboxylic acids is 1.